The van der Waals surface area contributed by atoms with Crippen LogP contribution in [0.4, 0.5) is 11.4 Å². The molecule has 0 spiro atoms. The monoisotopic (exact) mass is 234 g/mol. The van der Waals surface area contributed by atoms with E-state index in [2.05, 4.69) is 17.6 Å². The minimum Gasteiger partial charge on any atom is -0.385 e. The molecule has 1 aromatic rings. The van der Waals surface area contributed by atoms with Gasteiger partial charge in [0.1, 0.15) is 0 Å². The molecule has 0 heterocycles. The number of amides is 1. The molecular formula is C14H22N2O. The van der Waals surface area contributed by atoms with E-state index in [1.807, 2.05) is 38.1 Å². The first-order valence-electron chi connectivity index (χ1n) is 6.25. The summed E-state index contributed by atoms with van der Waals surface area (Å²) in [6, 6.07) is 7.83. The number of carbonyl (C=O) groups is 1. The summed E-state index contributed by atoms with van der Waals surface area (Å²) in [6.07, 6.45) is 1.67. The number of nitrogens with one attached hydrogen (secondary N) is 2. The summed E-state index contributed by atoms with van der Waals surface area (Å²) in [5.41, 5.74) is 1.95. The van der Waals surface area contributed by atoms with Gasteiger partial charge in [-0.1, -0.05) is 20.8 Å². The third kappa shape index (κ3) is 5.38. The Hall–Kier alpha value is -1.51. The molecule has 17 heavy (non-hydrogen) atoms. The molecule has 0 saturated carbocycles. The summed E-state index contributed by atoms with van der Waals surface area (Å²) in [6.45, 7) is 7.18. The van der Waals surface area contributed by atoms with Gasteiger partial charge in [0.2, 0.25) is 5.91 Å². The molecule has 3 heteroatoms. The van der Waals surface area contributed by atoms with E-state index in [0.29, 0.717) is 12.3 Å². The lowest BCUT2D eigenvalue weighted by Gasteiger charge is -2.09. The lowest BCUT2D eigenvalue weighted by molar-refractivity contribution is -0.116. The van der Waals surface area contributed by atoms with Crippen LogP contribution in [-0.2, 0) is 4.79 Å². The fourth-order valence-electron chi connectivity index (χ4n) is 1.52. The van der Waals surface area contributed by atoms with Crippen LogP contribution < -0.4 is 10.6 Å². The van der Waals surface area contributed by atoms with Crippen LogP contribution in [0.15, 0.2) is 24.3 Å². The van der Waals surface area contributed by atoms with Gasteiger partial charge in [0.15, 0.2) is 0 Å². The van der Waals surface area contributed by atoms with E-state index in [-0.39, 0.29) is 5.91 Å². The lowest BCUT2D eigenvalue weighted by atomic mass is 10.1. The Bertz CT molecular complexity index is 344. The highest BCUT2D eigenvalue weighted by Crippen LogP contribution is 2.14. The molecule has 0 bridgehead atoms. The highest BCUT2D eigenvalue weighted by molar-refractivity contribution is 5.90. The lowest BCUT2D eigenvalue weighted by Crippen LogP contribution is -2.13. The summed E-state index contributed by atoms with van der Waals surface area (Å²) in [4.78, 5) is 11.6. The van der Waals surface area contributed by atoms with E-state index in [1.54, 1.807) is 0 Å². The molecule has 0 radical (unpaired) electrons. The van der Waals surface area contributed by atoms with Crippen molar-refractivity contribution < 1.29 is 4.79 Å². The van der Waals surface area contributed by atoms with E-state index in [0.717, 1.165) is 24.3 Å². The van der Waals surface area contributed by atoms with Gasteiger partial charge in [0.25, 0.3) is 0 Å². The molecule has 0 aliphatic carbocycles. The summed E-state index contributed by atoms with van der Waals surface area (Å²) < 4.78 is 0. The molecular weight excluding hydrogens is 212 g/mol. The van der Waals surface area contributed by atoms with Crippen molar-refractivity contribution in [1.29, 1.82) is 0 Å². The van der Waals surface area contributed by atoms with Gasteiger partial charge >= 0.3 is 0 Å². The zero-order valence-corrected chi connectivity index (χ0v) is 10.9. The Morgan fingerprint density at radius 1 is 1.18 bits per heavy atom. The predicted octanol–water partition coefficient (Wildman–Crippen LogP) is 3.49. The minimum atomic E-state index is 0.0780. The smallest absolute Gasteiger partial charge is 0.224 e. The molecule has 0 fully saturated rings. The average Bonchev–Trinajstić information content (AvgIpc) is 2.27. The summed E-state index contributed by atoms with van der Waals surface area (Å²) in [5.74, 6) is 0.467. The van der Waals surface area contributed by atoms with Crippen molar-refractivity contribution in [2.45, 2.75) is 33.6 Å². The van der Waals surface area contributed by atoms with E-state index in [9.17, 15) is 4.79 Å². The number of rotatable bonds is 6. The molecule has 1 aromatic carbocycles. The number of anilines is 2. The van der Waals surface area contributed by atoms with E-state index < -0.39 is 0 Å². The summed E-state index contributed by atoms with van der Waals surface area (Å²) in [5, 5.41) is 6.18. The highest BCUT2D eigenvalue weighted by atomic mass is 16.1. The third-order valence-electron chi connectivity index (χ3n) is 2.34. The standard InChI is InChI=1S/C14H22N2O/c1-4-9-15-12-5-7-13(8-6-12)16-14(17)10-11(2)3/h5-8,11,15H,4,9-10H2,1-3H3,(H,16,17). The Morgan fingerprint density at radius 3 is 2.29 bits per heavy atom. The molecule has 2 N–H and O–H groups in total. The molecule has 3 nitrogen and oxygen atoms in total. The molecule has 0 aromatic heterocycles. The van der Waals surface area contributed by atoms with E-state index in [1.165, 1.54) is 0 Å². The maximum absolute atomic E-state index is 11.6. The Morgan fingerprint density at radius 2 is 1.76 bits per heavy atom. The first kappa shape index (κ1) is 13.6. The van der Waals surface area contributed by atoms with Crippen LogP contribution in [0, 0.1) is 5.92 Å². The van der Waals surface area contributed by atoms with Gasteiger partial charge in [-0.2, -0.15) is 0 Å². The second kappa shape index (κ2) is 6.94. The average molecular weight is 234 g/mol. The topological polar surface area (TPSA) is 41.1 Å². The third-order valence-corrected chi connectivity index (χ3v) is 2.34. The van der Waals surface area contributed by atoms with Crippen LogP contribution in [0.2, 0.25) is 0 Å². The Balaban J connectivity index is 2.47. The first-order valence-corrected chi connectivity index (χ1v) is 6.25. The molecule has 1 rings (SSSR count). The van der Waals surface area contributed by atoms with Crippen molar-refractivity contribution in [3.05, 3.63) is 24.3 Å². The normalized spacial score (nSPS) is 10.4. The van der Waals surface area contributed by atoms with Gasteiger partial charge in [-0.15, -0.1) is 0 Å². The van der Waals surface area contributed by atoms with Crippen molar-refractivity contribution >= 4 is 17.3 Å². The maximum atomic E-state index is 11.6. The van der Waals surface area contributed by atoms with Crippen molar-refractivity contribution in [2.75, 3.05) is 17.2 Å². The van der Waals surface area contributed by atoms with Crippen molar-refractivity contribution in [3.8, 4) is 0 Å². The van der Waals surface area contributed by atoms with Gasteiger partial charge in [-0.05, 0) is 36.6 Å². The second-order valence-corrected chi connectivity index (χ2v) is 4.65. The quantitative estimate of drug-likeness (QED) is 0.791. The van der Waals surface area contributed by atoms with Gasteiger partial charge in [0.05, 0.1) is 0 Å². The molecule has 0 aliphatic rings. The van der Waals surface area contributed by atoms with E-state index >= 15 is 0 Å². The second-order valence-electron chi connectivity index (χ2n) is 4.65. The SMILES string of the molecule is CCCNc1ccc(NC(=O)CC(C)C)cc1. The van der Waals surface area contributed by atoms with Gasteiger partial charge in [-0.25, -0.2) is 0 Å². The minimum absolute atomic E-state index is 0.0780. The van der Waals surface area contributed by atoms with Crippen molar-refractivity contribution in [2.24, 2.45) is 5.92 Å². The first-order chi connectivity index (χ1) is 8.11. The van der Waals surface area contributed by atoms with Gasteiger partial charge in [-0.3, -0.25) is 4.79 Å². The molecule has 0 unspecified atom stereocenters. The fraction of sp³-hybridized carbons (Fsp3) is 0.500. The number of benzene rings is 1. The van der Waals surface area contributed by atoms with Crippen molar-refractivity contribution in [3.63, 3.8) is 0 Å². The Labute approximate surface area is 104 Å². The molecule has 1 amide bonds. The van der Waals surface area contributed by atoms with Crippen molar-refractivity contribution in [1.82, 2.24) is 0 Å². The summed E-state index contributed by atoms with van der Waals surface area (Å²) >= 11 is 0. The van der Waals surface area contributed by atoms with Crippen LogP contribution in [0.3, 0.4) is 0 Å². The molecule has 94 valence electrons. The van der Waals surface area contributed by atoms with Crippen LogP contribution in [0.5, 0.6) is 0 Å². The van der Waals surface area contributed by atoms with Crippen LogP contribution in [-0.4, -0.2) is 12.5 Å². The number of hydrogen-bond acceptors (Lipinski definition) is 2. The zero-order valence-electron chi connectivity index (χ0n) is 10.9. The predicted molar refractivity (Wildman–Crippen MR) is 73.3 cm³/mol. The zero-order chi connectivity index (χ0) is 12.7. The van der Waals surface area contributed by atoms with Crippen LogP contribution in [0.1, 0.15) is 33.6 Å². The summed E-state index contributed by atoms with van der Waals surface area (Å²) in [7, 11) is 0. The molecule has 0 saturated heterocycles. The number of hydrogen-bond donors (Lipinski definition) is 2. The maximum Gasteiger partial charge on any atom is 0.224 e. The fourth-order valence-corrected chi connectivity index (χ4v) is 1.52. The van der Waals surface area contributed by atoms with Crippen LogP contribution >= 0.6 is 0 Å². The largest absolute Gasteiger partial charge is 0.385 e. The molecule has 0 aliphatic heterocycles. The van der Waals surface area contributed by atoms with Gasteiger partial charge < -0.3 is 10.6 Å². The van der Waals surface area contributed by atoms with Gasteiger partial charge in [0, 0.05) is 24.3 Å². The Kier molecular flexibility index (Phi) is 5.53. The number of carbonyl (C=O) groups excluding carboxylic acids is 1. The van der Waals surface area contributed by atoms with Crippen LogP contribution in [0.25, 0.3) is 0 Å². The highest BCUT2D eigenvalue weighted by Gasteiger charge is 2.04. The molecule has 0 atom stereocenters. The van der Waals surface area contributed by atoms with E-state index in [4.69, 9.17) is 0 Å².